The van der Waals surface area contributed by atoms with Gasteiger partial charge in [0.1, 0.15) is 17.3 Å². The van der Waals surface area contributed by atoms with Crippen molar-refractivity contribution in [3.63, 3.8) is 0 Å². The number of fused-ring (bicyclic) bond motifs is 4. The topological polar surface area (TPSA) is 67.9 Å². The number of rotatable bonds is 3. The third-order valence-corrected chi connectivity index (χ3v) is 6.10. The summed E-state index contributed by atoms with van der Waals surface area (Å²) >= 11 is 0. The van der Waals surface area contributed by atoms with Crippen LogP contribution in [-0.4, -0.2) is 31.3 Å². The van der Waals surface area contributed by atoms with Gasteiger partial charge in [-0.15, -0.1) is 5.10 Å². The zero-order chi connectivity index (χ0) is 22.1. The summed E-state index contributed by atoms with van der Waals surface area (Å²) in [5.74, 6) is -0.890. The molecule has 0 aliphatic carbocycles. The number of aryl methyl sites for hydroxylation is 1. The molecule has 31 heavy (non-hydrogen) atoms. The largest absolute Gasteiger partial charge is 0.395 e. The van der Waals surface area contributed by atoms with Crippen molar-refractivity contribution in [2.24, 2.45) is 7.05 Å². The third kappa shape index (κ3) is 2.78. The highest BCUT2D eigenvalue weighted by Gasteiger charge is 2.37. The number of aliphatic hydroxyl groups excluding tert-OH is 1. The molecule has 2 aromatic carbocycles. The molecule has 2 aromatic heterocycles. The van der Waals surface area contributed by atoms with Gasteiger partial charge in [0.2, 0.25) is 0 Å². The molecule has 8 heteroatoms. The minimum atomic E-state index is -0.509. The number of aromatic nitrogens is 4. The Morgan fingerprint density at radius 3 is 2.68 bits per heavy atom. The van der Waals surface area contributed by atoms with Crippen LogP contribution in [0, 0.1) is 18.6 Å². The molecule has 0 spiro atoms. The van der Waals surface area contributed by atoms with E-state index in [4.69, 9.17) is 0 Å². The molecule has 6 nitrogen and oxygen atoms in total. The van der Waals surface area contributed by atoms with Crippen molar-refractivity contribution in [1.82, 2.24) is 19.6 Å². The fraction of sp³-hybridized carbons (Fsp3) is 0.304. The Kier molecular flexibility index (Phi) is 4.20. The van der Waals surface area contributed by atoms with E-state index in [0.717, 1.165) is 22.3 Å². The molecule has 0 radical (unpaired) electrons. The molecular weight excluding hydrogens is 400 g/mol. The fourth-order valence-electron chi connectivity index (χ4n) is 4.74. The quantitative estimate of drug-likeness (QED) is 0.514. The number of nitrogens with zero attached hydrogens (tertiary/aromatic N) is 4. The lowest BCUT2D eigenvalue weighted by molar-refractivity contribution is 0.278. The maximum Gasteiger partial charge on any atom is 0.133 e. The van der Waals surface area contributed by atoms with E-state index >= 15 is 4.39 Å². The van der Waals surface area contributed by atoms with Crippen LogP contribution in [-0.2, 0) is 19.1 Å². The first-order valence-corrected chi connectivity index (χ1v) is 10.1. The van der Waals surface area contributed by atoms with E-state index in [1.54, 1.807) is 15.4 Å². The van der Waals surface area contributed by atoms with Crippen LogP contribution in [0.25, 0.3) is 33.3 Å². The first-order chi connectivity index (χ1) is 14.7. The smallest absolute Gasteiger partial charge is 0.133 e. The predicted octanol–water partition coefficient (Wildman–Crippen LogP) is 4.34. The molecule has 160 valence electrons. The predicted molar refractivity (Wildman–Crippen MR) is 116 cm³/mol. The third-order valence-electron chi connectivity index (χ3n) is 6.10. The number of hydrogen-bond acceptors (Lipinski definition) is 4. The van der Waals surface area contributed by atoms with Gasteiger partial charge >= 0.3 is 0 Å². The Hall–Kier alpha value is -3.26. The van der Waals surface area contributed by atoms with Crippen LogP contribution < -0.4 is 5.32 Å². The van der Waals surface area contributed by atoms with Gasteiger partial charge in [-0.25, -0.2) is 13.5 Å². The van der Waals surface area contributed by atoms with E-state index in [1.807, 2.05) is 33.9 Å². The van der Waals surface area contributed by atoms with Gasteiger partial charge in [0, 0.05) is 42.0 Å². The SMILES string of the molecule is Cc1c(-c2cc(F)cc3c2ccn3CCO)c(F)cc2c1-c1c(nnn1C)C(C)(C)N2. The minimum Gasteiger partial charge on any atom is -0.395 e. The standard InChI is InChI=1S/C23H23F2N5O/c1-12-19(15-9-13(24)10-18-14(15)5-6-30(18)7-8-31)16(25)11-17-20(12)21-22(23(2,3)26-17)27-28-29(21)4/h5-6,9-11,26,31H,7-8H2,1-4H3. The molecule has 0 amide bonds. The zero-order valence-corrected chi connectivity index (χ0v) is 17.8. The summed E-state index contributed by atoms with van der Waals surface area (Å²) in [5.41, 5.74) is 4.69. The molecule has 0 fully saturated rings. The molecule has 0 bridgehead atoms. The van der Waals surface area contributed by atoms with Crippen LogP contribution in [0.1, 0.15) is 25.1 Å². The van der Waals surface area contributed by atoms with Crippen molar-refractivity contribution < 1.29 is 13.9 Å². The Labute approximate surface area is 178 Å². The van der Waals surface area contributed by atoms with E-state index in [1.165, 1.54) is 18.2 Å². The minimum absolute atomic E-state index is 0.0699. The Bertz CT molecular complexity index is 1350. The number of aliphatic hydroxyl groups is 1. The van der Waals surface area contributed by atoms with E-state index < -0.39 is 17.2 Å². The highest BCUT2D eigenvalue weighted by atomic mass is 19.1. The second kappa shape index (κ2) is 6.62. The molecule has 1 aliphatic rings. The highest BCUT2D eigenvalue weighted by molar-refractivity contribution is 5.99. The van der Waals surface area contributed by atoms with E-state index in [9.17, 15) is 9.50 Å². The molecule has 0 unspecified atom stereocenters. The zero-order valence-electron chi connectivity index (χ0n) is 17.8. The summed E-state index contributed by atoms with van der Waals surface area (Å²) in [5, 5.41) is 21.9. The monoisotopic (exact) mass is 423 g/mol. The summed E-state index contributed by atoms with van der Waals surface area (Å²) in [6.45, 7) is 6.06. The summed E-state index contributed by atoms with van der Waals surface area (Å²) in [6, 6.07) is 6.08. The van der Waals surface area contributed by atoms with Gasteiger partial charge in [-0.3, -0.25) is 0 Å². The van der Waals surface area contributed by atoms with Crippen molar-refractivity contribution in [3.05, 3.63) is 53.4 Å². The fourth-order valence-corrected chi connectivity index (χ4v) is 4.74. The second-order valence-electron chi connectivity index (χ2n) is 8.56. The van der Waals surface area contributed by atoms with Crippen molar-refractivity contribution in [2.75, 3.05) is 11.9 Å². The van der Waals surface area contributed by atoms with E-state index in [0.29, 0.717) is 34.4 Å². The average molecular weight is 423 g/mol. The van der Waals surface area contributed by atoms with Gasteiger partial charge in [-0.2, -0.15) is 0 Å². The number of hydrogen-bond donors (Lipinski definition) is 2. The van der Waals surface area contributed by atoms with Crippen LogP contribution in [0.4, 0.5) is 14.5 Å². The molecule has 0 atom stereocenters. The Morgan fingerprint density at radius 2 is 1.94 bits per heavy atom. The number of benzene rings is 2. The van der Waals surface area contributed by atoms with Gasteiger partial charge in [0.15, 0.2) is 0 Å². The van der Waals surface area contributed by atoms with Crippen LogP contribution in [0.3, 0.4) is 0 Å². The van der Waals surface area contributed by atoms with Gasteiger partial charge in [-0.1, -0.05) is 5.21 Å². The molecule has 2 N–H and O–H groups in total. The van der Waals surface area contributed by atoms with Crippen LogP contribution in [0.15, 0.2) is 30.5 Å². The van der Waals surface area contributed by atoms with Gasteiger partial charge in [0.05, 0.1) is 23.4 Å². The molecule has 5 rings (SSSR count). The van der Waals surface area contributed by atoms with Gasteiger partial charge in [0.25, 0.3) is 0 Å². The molecule has 1 aliphatic heterocycles. The lowest BCUT2D eigenvalue weighted by Crippen LogP contribution is -2.33. The molecule has 0 saturated carbocycles. The first-order valence-electron chi connectivity index (χ1n) is 10.1. The molecule has 3 heterocycles. The van der Waals surface area contributed by atoms with Crippen LogP contribution in [0.5, 0.6) is 0 Å². The normalized spacial score (nSPS) is 14.4. The maximum absolute atomic E-state index is 15.5. The molecular formula is C23H23F2N5O. The summed E-state index contributed by atoms with van der Waals surface area (Å²) in [4.78, 5) is 0. The second-order valence-corrected chi connectivity index (χ2v) is 8.56. The van der Waals surface area contributed by atoms with Gasteiger partial charge in [-0.05, 0) is 56.2 Å². The van der Waals surface area contributed by atoms with Crippen LogP contribution in [0.2, 0.25) is 0 Å². The number of anilines is 1. The van der Waals surface area contributed by atoms with Crippen molar-refractivity contribution in [3.8, 4) is 22.4 Å². The summed E-state index contributed by atoms with van der Waals surface area (Å²) < 4.78 is 33.6. The van der Waals surface area contributed by atoms with E-state index in [2.05, 4.69) is 15.6 Å². The first kappa shape index (κ1) is 19.7. The van der Waals surface area contributed by atoms with E-state index in [-0.39, 0.29) is 6.61 Å². The highest BCUT2D eigenvalue weighted by Crippen LogP contribution is 2.47. The lowest BCUT2D eigenvalue weighted by atomic mass is 9.84. The van der Waals surface area contributed by atoms with Crippen LogP contribution >= 0.6 is 0 Å². The Morgan fingerprint density at radius 1 is 1.16 bits per heavy atom. The number of nitrogens with one attached hydrogen (secondary N) is 1. The summed E-state index contributed by atoms with van der Waals surface area (Å²) in [6.07, 6.45) is 1.78. The molecule has 0 saturated heterocycles. The van der Waals surface area contributed by atoms with Gasteiger partial charge < -0.3 is 15.0 Å². The van der Waals surface area contributed by atoms with Crippen molar-refractivity contribution in [1.29, 1.82) is 0 Å². The van der Waals surface area contributed by atoms with Crippen molar-refractivity contribution >= 4 is 16.6 Å². The number of halogens is 2. The maximum atomic E-state index is 15.5. The lowest BCUT2D eigenvalue weighted by Gasteiger charge is -2.34. The molecule has 4 aromatic rings. The van der Waals surface area contributed by atoms with Crippen molar-refractivity contribution in [2.45, 2.75) is 32.9 Å². The Balaban J connectivity index is 1.83. The average Bonchev–Trinajstić information content (AvgIpc) is 3.26. The summed E-state index contributed by atoms with van der Waals surface area (Å²) in [7, 11) is 1.81.